The van der Waals surface area contributed by atoms with Gasteiger partial charge in [-0.1, -0.05) is 6.92 Å². The lowest BCUT2D eigenvalue weighted by Gasteiger charge is -2.27. The smallest absolute Gasteiger partial charge is 0.323 e. The van der Waals surface area contributed by atoms with Crippen molar-refractivity contribution in [3.63, 3.8) is 0 Å². The number of likely N-dealkylation sites (N-methyl/N-ethyl adjacent to an activating group) is 1. The molecule has 2 amide bonds. The van der Waals surface area contributed by atoms with Crippen LogP contribution in [0.4, 0.5) is 4.79 Å². The van der Waals surface area contributed by atoms with Crippen LogP contribution in [-0.4, -0.2) is 66.7 Å². The molecule has 0 aliphatic rings. The van der Waals surface area contributed by atoms with Gasteiger partial charge < -0.3 is 19.6 Å². The highest BCUT2D eigenvalue weighted by molar-refractivity contribution is 5.80. The molecule has 0 heterocycles. The standard InChI is InChI=1S/C11H20N2O5/c1-5-13(7-9(14)15)11(17)12(3)6-8(2)10(16)18-4/h8H,5-7H2,1-4H3,(H,14,15). The second kappa shape index (κ2) is 7.52. The summed E-state index contributed by atoms with van der Waals surface area (Å²) in [6, 6.07) is -0.421. The second-order valence-electron chi connectivity index (χ2n) is 4.00. The minimum Gasteiger partial charge on any atom is -0.480 e. The van der Waals surface area contributed by atoms with Crippen molar-refractivity contribution in [1.82, 2.24) is 9.80 Å². The lowest BCUT2D eigenvalue weighted by Crippen LogP contribution is -2.45. The maximum Gasteiger partial charge on any atom is 0.323 e. The van der Waals surface area contributed by atoms with Gasteiger partial charge in [0, 0.05) is 20.1 Å². The molecule has 104 valence electrons. The number of nitrogens with zero attached hydrogens (tertiary/aromatic N) is 2. The zero-order valence-electron chi connectivity index (χ0n) is 11.2. The molecule has 0 bridgehead atoms. The zero-order valence-corrected chi connectivity index (χ0v) is 11.2. The molecule has 0 aliphatic heterocycles. The number of carbonyl (C=O) groups excluding carboxylic acids is 2. The number of hydrogen-bond donors (Lipinski definition) is 1. The quantitative estimate of drug-likeness (QED) is 0.692. The Morgan fingerprint density at radius 1 is 1.33 bits per heavy atom. The predicted molar refractivity (Wildman–Crippen MR) is 64.1 cm³/mol. The number of carboxylic acids is 1. The summed E-state index contributed by atoms with van der Waals surface area (Å²) in [7, 11) is 2.80. The van der Waals surface area contributed by atoms with Crippen molar-refractivity contribution < 1.29 is 24.2 Å². The Morgan fingerprint density at radius 2 is 1.89 bits per heavy atom. The molecule has 1 atom stereocenters. The van der Waals surface area contributed by atoms with Crippen molar-refractivity contribution in [2.45, 2.75) is 13.8 Å². The summed E-state index contributed by atoms with van der Waals surface area (Å²) in [6.07, 6.45) is 0. The van der Waals surface area contributed by atoms with Gasteiger partial charge in [0.05, 0.1) is 13.0 Å². The maximum absolute atomic E-state index is 11.9. The van der Waals surface area contributed by atoms with E-state index in [1.165, 1.54) is 24.0 Å². The van der Waals surface area contributed by atoms with Crippen LogP contribution in [0, 0.1) is 5.92 Å². The molecule has 0 saturated carbocycles. The molecule has 0 radical (unpaired) electrons. The van der Waals surface area contributed by atoms with E-state index in [0.29, 0.717) is 6.54 Å². The number of amides is 2. The molecule has 0 saturated heterocycles. The normalized spacial score (nSPS) is 11.6. The van der Waals surface area contributed by atoms with Crippen LogP contribution < -0.4 is 0 Å². The van der Waals surface area contributed by atoms with Gasteiger partial charge in [0.1, 0.15) is 6.54 Å². The van der Waals surface area contributed by atoms with Gasteiger partial charge in [-0.25, -0.2) is 4.79 Å². The summed E-state index contributed by atoms with van der Waals surface area (Å²) >= 11 is 0. The highest BCUT2D eigenvalue weighted by Gasteiger charge is 2.23. The summed E-state index contributed by atoms with van der Waals surface area (Å²) in [5.74, 6) is -1.93. The maximum atomic E-state index is 11.9. The van der Waals surface area contributed by atoms with E-state index in [4.69, 9.17) is 5.11 Å². The summed E-state index contributed by atoms with van der Waals surface area (Å²) in [6.45, 7) is 3.46. The molecule has 0 rings (SSSR count). The molecule has 1 N–H and O–H groups in total. The number of aliphatic carboxylic acids is 1. The molecule has 0 spiro atoms. The Bertz CT molecular complexity index is 319. The number of ether oxygens (including phenoxy) is 1. The van der Waals surface area contributed by atoms with Gasteiger partial charge in [-0.15, -0.1) is 0 Å². The Hall–Kier alpha value is -1.79. The van der Waals surface area contributed by atoms with E-state index in [1.54, 1.807) is 13.8 Å². The molecule has 1 unspecified atom stereocenters. The first-order valence-corrected chi connectivity index (χ1v) is 5.63. The van der Waals surface area contributed by atoms with Gasteiger partial charge in [0.2, 0.25) is 0 Å². The predicted octanol–water partition coefficient (Wildman–Crippen LogP) is 0.254. The van der Waals surface area contributed by atoms with Crippen LogP contribution in [0.25, 0.3) is 0 Å². The fourth-order valence-corrected chi connectivity index (χ4v) is 1.48. The Labute approximate surface area is 106 Å². The number of carboxylic acid groups (broad SMARTS) is 1. The highest BCUT2D eigenvalue weighted by atomic mass is 16.5. The number of carbonyl (C=O) groups is 3. The lowest BCUT2D eigenvalue weighted by atomic mass is 10.2. The van der Waals surface area contributed by atoms with Crippen LogP contribution in [0.2, 0.25) is 0 Å². The first-order chi connectivity index (χ1) is 8.33. The molecular weight excluding hydrogens is 240 g/mol. The fourth-order valence-electron chi connectivity index (χ4n) is 1.48. The largest absolute Gasteiger partial charge is 0.480 e. The third-order valence-corrected chi connectivity index (χ3v) is 2.46. The molecule has 0 aromatic rings. The molecule has 0 aromatic heterocycles. The van der Waals surface area contributed by atoms with Crippen LogP contribution >= 0.6 is 0 Å². The average Bonchev–Trinajstić information content (AvgIpc) is 2.33. The molecule has 0 aromatic carbocycles. The SMILES string of the molecule is CCN(CC(=O)O)C(=O)N(C)CC(C)C(=O)OC. The Kier molecular flexibility index (Phi) is 6.77. The first kappa shape index (κ1) is 16.2. The minimum atomic E-state index is -1.07. The van der Waals surface area contributed by atoms with E-state index in [9.17, 15) is 14.4 Å². The average molecular weight is 260 g/mol. The summed E-state index contributed by atoms with van der Waals surface area (Å²) in [4.78, 5) is 36.2. The molecule has 0 fully saturated rings. The van der Waals surface area contributed by atoms with Crippen LogP contribution in [0.15, 0.2) is 0 Å². The molecule has 7 heteroatoms. The van der Waals surface area contributed by atoms with Gasteiger partial charge in [-0.2, -0.15) is 0 Å². The lowest BCUT2D eigenvalue weighted by molar-refractivity contribution is -0.145. The van der Waals surface area contributed by atoms with Gasteiger partial charge >= 0.3 is 18.0 Å². The van der Waals surface area contributed by atoms with Gasteiger partial charge in [0.15, 0.2) is 0 Å². The number of rotatable bonds is 6. The van der Waals surface area contributed by atoms with Crippen molar-refractivity contribution in [1.29, 1.82) is 0 Å². The van der Waals surface area contributed by atoms with Crippen LogP contribution in [0.5, 0.6) is 0 Å². The highest BCUT2D eigenvalue weighted by Crippen LogP contribution is 2.04. The summed E-state index contributed by atoms with van der Waals surface area (Å²) in [5.41, 5.74) is 0. The van der Waals surface area contributed by atoms with E-state index in [2.05, 4.69) is 4.74 Å². The van der Waals surface area contributed by atoms with Crippen molar-refractivity contribution in [2.24, 2.45) is 5.92 Å². The fraction of sp³-hybridized carbons (Fsp3) is 0.727. The second-order valence-corrected chi connectivity index (χ2v) is 4.00. The van der Waals surface area contributed by atoms with Gasteiger partial charge in [-0.3, -0.25) is 9.59 Å². The molecular formula is C11H20N2O5. The third-order valence-electron chi connectivity index (χ3n) is 2.46. The Morgan fingerprint density at radius 3 is 2.28 bits per heavy atom. The van der Waals surface area contributed by atoms with E-state index in [-0.39, 0.29) is 13.1 Å². The van der Waals surface area contributed by atoms with Crippen molar-refractivity contribution in [3.8, 4) is 0 Å². The summed E-state index contributed by atoms with van der Waals surface area (Å²) < 4.78 is 4.56. The molecule has 7 nitrogen and oxygen atoms in total. The molecule has 18 heavy (non-hydrogen) atoms. The first-order valence-electron chi connectivity index (χ1n) is 5.63. The minimum absolute atomic E-state index is 0.182. The van der Waals surface area contributed by atoms with E-state index >= 15 is 0 Å². The van der Waals surface area contributed by atoms with E-state index < -0.39 is 23.9 Å². The monoisotopic (exact) mass is 260 g/mol. The Balaban J connectivity index is 4.47. The van der Waals surface area contributed by atoms with E-state index in [0.717, 1.165) is 0 Å². The van der Waals surface area contributed by atoms with Crippen LogP contribution in [-0.2, 0) is 14.3 Å². The van der Waals surface area contributed by atoms with E-state index in [1.807, 2.05) is 0 Å². The van der Waals surface area contributed by atoms with Crippen LogP contribution in [0.1, 0.15) is 13.8 Å². The van der Waals surface area contributed by atoms with Gasteiger partial charge in [0.25, 0.3) is 0 Å². The van der Waals surface area contributed by atoms with Gasteiger partial charge in [-0.05, 0) is 6.92 Å². The number of urea groups is 1. The van der Waals surface area contributed by atoms with Crippen molar-refractivity contribution in [3.05, 3.63) is 0 Å². The topological polar surface area (TPSA) is 87.2 Å². The van der Waals surface area contributed by atoms with Crippen molar-refractivity contribution in [2.75, 3.05) is 33.8 Å². The zero-order chi connectivity index (χ0) is 14.3. The number of methoxy groups -OCH3 is 1. The van der Waals surface area contributed by atoms with Crippen molar-refractivity contribution >= 4 is 18.0 Å². The molecule has 0 aliphatic carbocycles. The summed E-state index contributed by atoms with van der Waals surface area (Å²) in [5, 5.41) is 8.67. The number of hydrogen-bond acceptors (Lipinski definition) is 4. The third kappa shape index (κ3) is 5.03. The van der Waals surface area contributed by atoms with Crippen LogP contribution in [0.3, 0.4) is 0 Å². The number of esters is 1.